The first-order valence-electron chi connectivity index (χ1n) is 11.5. The summed E-state index contributed by atoms with van der Waals surface area (Å²) in [4.78, 5) is 35.4. The largest absolute Gasteiger partial charge is 0.365 e. The normalized spacial score (nSPS) is 13.5. The molecule has 3 N–H and O–H groups in total. The predicted molar refractivity (Wildman–Crippen MR) is 133 cm³/mol. The number of amides is 2. The van der Waals surface area contributed by atoms with E-state index >= 15 is 0 Å². The van der Waals surface area contributed by atoms with Crippen LogP contribution in [0.4, 0.5) is 5.82 Å². The van der Waals surface area contributed by atoms with Crippen molar-refractivity contribution in [3.8, 4) is 0 Å². The molecular formula is C26H28ClN5O2. The summed E-state index contributed by atoms with van der Waals surface area (Å²) in [6.45, 7) is 2.13. The van der Waals surface area contributed by atoms with Crippen LogP contribution in [0, 0.1) is 0 Å². The van der Waals surface area contributed by atoms with Gasteiger partial charge in [-0.05, 0) is 42.0 Å². The number of anilines is 1. The minimum absolute atomic E-state index is 0.105. The van der Waals surface area contributed by atoms with Gasteiger partial charge in [0.1, 0.15) is 11.6 Å². The number of piperidine rings is 1. The molecule has 0 atom stereocenters. The summed E-state index contributed by atoms with van der Waals surface area (Å²) < 4.78 is 0. The van der Waals surface area contributed by atoms with Crippen LogP contribution in [0.15, 0.2) is 54.7 Å². The summed E-state index contributed by atoms with van der Waals surface area (Å²) in [5.41, 5.74) is 8.55. The number of nitrogens with two attached hydrogens (primary N) is 1. The van der Waals surface area contributed by atoms with Crippen molar-refractivity contribution in [1.82, 2.24) is 14.9 Å². The van der Waals surface area contributed by atoms with Crippen molar-refractivity contribution in [2.45, 2.75) is 38.6 Å². The SMILES string of the molecule is NC(=O)c1cnc(Cc2ccc(Cl)c(CC(=O)N3CCCCC3)c2)nc1NCc1ccccc1. The summed E-state index contributed by atoms with van der Waals surface area (Å²) in [5, 5.41) is 3.77. The maximum absolute atomic E-state index is 12.7. The van der Waals surface area contributed by atoms with Gasteiger partial charge >= 0.3 is 0 Å². The molecule has 1 fully saturated rings. The highest BCUT2D eigenvalue weighted by Crippen LogP contribution is 2.22. The Kier molecular flexibility index (Phi) is 7.75. The molecule has 2 amide bonds. The Morgan fingerprint density at radius 1 is 1.03 bits per heavy atom. The molecule has 1 aliphatic heterocycles. The molecular weight excluding hydrogens is 450 g/mol. The Hall–Kier alpha value is -3.45. The smallest absolute Gasteiger partial charge is 0.254 e. The molecule has 0 saturated carbocycles. The van der Waals surface area contributed by atoms with Crippen LogP contribution in [0.5, 0.6) is 0 Å². The van der Waals surface area contributed by atoms with Gasteiger partial charge < -0.3 is 16.0 Å². The van der Waals surface area contributed by atoms with Crippen molar-refractivity contribution >= 4 is 29.2 Å². The van der Waals surface area contributed by atoms with E-state index < -0.39 is 5.91 Å². The van der Waals surface area contributed by atoms with Gasteiger partial charge in [0.15, 0.2) is 0 Å². The van der Waals surface area contributed by atoms with E-state index in [1.165, 1.54) is 12.6 Å². The molecule has 1 aromatic heterocycles. The highest BCUT2D eigenvalue weighted by Gasteiger charge is 2.18. The monoisotopic (exact) mass is 477 g/mol. The second-order valence-corrected chi connectivity index (χ2v) is 8.88. The average Bonchev–Trinajstić information content (AvgIpc) is 2.86. The number of carbonyl (C=O) groups is 2. The summed E-state index contributed by atoms with van der Waals surface area (Å²) in [6.07, 6.45) is 5.45. The fourth-order valence-corrected chi connectivity index (χ4v) is 4.26. The van der Waals surface area contributed by atoms with Gasteiger partial charge in [-0.1, -0.05) is 54.1 Å². The maximum atomic E-state index is 12.7. The fourth-order valence-electron chi connectivity index (χ4n) is 4.07. The molecule has 0 unspecified atom stereocenters. The van der Waals surface area contributed by atoms with Crippen molar-refractivity contribution in [1.29, 1.82) is 0 Å². The number of primary amides is 1. The molecule has 34 heavy (non-hydrogen) atoms. The number of hydrogen-bond donors (Lipinski definition) is 2. The zero-order chi connectivity index (χ0) is 23.9. The average molecular weight is 478 g/mol. The number of nitrogens with one attached hydrogen (secondary N) is 1. The molecule has 7 nitrogen and oxygen atoms in total. The third kappa shape index (κ3) is 6.11. The standard InChI is InChI=1S/C26H28ClN5O2/c27-22-10-9-19(13-20(22)15-24(33)32-11-5-2-6-12-32)14-23-29-17-21(25(28)34)26(31-23)30-16-18-7-3-1-4-8-18/h1,3-4,7-10,13,17H,2,5-6,11-12,14-16H2,(H2,28,34)(H,29,30,31). The number of aromatic nitrogens is 2. The summed E-state index contributed by atoms with van der Waals surface area (Å²) in [7, 11) is 0. The van der Waals surface area contributed by atoms with Crippen LogP contribution in [0.3, 0.4) is 0 Å². The second kappa shape index (κ2) is 11.1. The molecule has 8 heteroatoms. The van der Waals surface area contributed by atoms with E-state index in [-0.39, 0.29) is 17.9 Å². The third-order valence-corrected chi connectivity index (χ3v) is 6.30. The molecule has 0 radical (unpaired) electrons. The van der Waals surface area contributed by atoms with E-state index in [4.69, 9.17) is 17.3 Å². The van der Waals surface area contributed by atoms with Crippen LogP contribution in [0.2, 0.25) is 5.02 Å². The van der Waals surface area contributed by atoms with E-state index in [1.807, 2.05) is 53.4 Å². The van der Waals surface area contributed by atoms with E-state index in [0.717, 1.165) is 42.6 Å². The Morgan fingerprint density at radius 3 is 2.53 bits per heavy atom. The molecule has 2 heterocycles. The first-order valence-corrected chi connectivity index (χ1v) is 11.9. The lowest BCUT2D eigenvalue weighted by molar-refractivity contribution is -0.131. The summed E-state index contributed by atoms with van der Waals surface area (Å²) in [6, 6.07) is 15.5. The van der Waals surface area contributed by atoms with E-state index in [1.54, 1.807) is 0 Å². The summed E-state index contributed by atoms with van der Waals surface area (Å²) in [5.74, 6) is 0.451. The lowest BCUT2D eigenvalue weighted by atomic mass is 10.0. The number of carbonyl (C=O) groups excluding carboxylic acids is 2. The first kappa shape index (κ1) is 23.7. The Labute approximate surface area is 204 Å². The van der Waals surface area contributed by atoms with Crippen LogP contribution in [-0.4, -0.2) is 39.8 Å². The van der Waals surface area contributed by atoms with Crippen molar-refractivity contribution in [3.05, 3.63) is 87.8 Å². The van der Waals surface area contributed by atoms with E-state index in [9.17, 15) is 9.59 Å². The predicted octanol–water partition coefficient (Wildman–Crippen LogP) is 3.99. The van der Waals surface area contributed by atoms with E-state index in [0.29, 0.717) is 29.6 Å². The minimum Gasteiger partial charge on any atom is -0.365 e. The maximum Gasteiger partial charge on any atom is 0.254 e. The van der Waals surface area contributed by atoms with Crippen molar-refractivity contribution < 1.29 is 9.59 Å². The highest BCUT2D eigenvalue weighted by atomic mass is 35.5. The molecule has 3 aromatic rings. The van der Waals surface area contributed by atoms with Gasteiger partial charge in [0, 0.05) is 37.3 Å². The Balaban J connectivity index is 1.49. The molecule has 0 aliphatic carbocycles. The molecule has 1 aliphatic rings. The quantitative estimate of drug-likeness (QED) is 0.511. The molecule has 0 spiro atoms. The van der Waals surface area contributed by atoms with Gasteiger partial charge in [-0.2, -0.15) is 0 Å². The zero-order valence-corrected chi connectivity index (χ0v) is 19.7. The van der Waals surface area contributed by atoms with Crippen molar-refractivity contribution in [2.75, 3.05) is 18.4 Å². The van der Waals surface area contributed by atoms with Gasteiger partial charge in [0.05, 0.1) is 12.0 Å². The molecule has 1 saturated heterocycles. The summed E-state index contributed by atoms with van der Waals surface area (Å²) >= 11 is 6.40. The lowest BCUT2D eigenvalue weighted by Gasteiger charge is -2.27. The molecule has 2 aromatic carbocycles. The lowest BCUT2D eigenvalue weighted by Crippen LogP contribution is -2.36. The van der Waals surface area contributed by atoms with Gasteiger partial charge in [-0.25, -0.2) is 9.97 Å². The number of benzene rings is 2. The van der Waals surface area contributed by atoms with Crippen LogP contribution in [0.25, 0.3) is 0 Å². The van der Waals surface area contributed by atoms with E-state index in [2.05, 4.69) is 15.3 Å². The Bertz CT molecular complexity index is 1160. The van der Waals surface area contributed by atoms with Crippen LogP contribution in [-0.2, 0) is 24.2 Å². The first-order chi connectivity index (χ1) is 16.5. The molecule has 0 bridgehead atoms. The zero-order valence-electron chi connectivity index (χ0n) is 19.0. The van der Waals surface area contributed by atoms with Crippen LogP contribution >= 0.6 is 11.6 Å². The van der Waals surface area contributed by atoms with Crippen molar-refractivity contribution in [2.24, 2.45) is 5.73 Å². The van der Waals surface area contributed by atoms with Crippen molar-refractivity contribution in [3.63, 3.8) is 0 Å². The van der Waals surface area contributed by atoms with Gasteiger partial charge in [-0.15, -0.1) is 0 Å². The number of likely N-dealkylation sites (tertiary alicyclic amines) is 1. The van der Waals surface area contributed by atoms with Gasteiger partial charge in [0.2, 0.25) is 5.91 Å². The highest BCUT2D eigenvalue weighted by molar-refractivity contribution is 6.31. The number of halogens is 1. The third-order valence-electron chi connectivity index (χ3n) is 5.93. The second-order valence-electron chi connectivity index (χ2n) is 8.47. The Morgan fingerprint density at radius 2 is 1.79 bits per heavy atom. The van der Waals surface area contributed by atoms with Gasteiger partial charge in [0.25, 0.3) is 5.91 Å². The fraction of sp³-hybridized carbons (Fsp3) is 0.308. The molecule has 4 rings (SSSR count). The molecule has 176 valence electrons. The van der Waals surface area contributed by atoms with Crippen LogP contribution in [0.1, 0.15) is 52.1 Å². The number of rotatable bonds is 8. The van der Waals surface area contributed by atoms with Crippen LogP contribution < -0.4 is 11.1 Å². The minimum atomic E-state index is -0.591. The van der Waals surface area contributed by atoms with Gasteiger partial charge in [-0.3, -0.25) is 9.59 Å². The topological polar surface area (TPSA) is 101 Å². The number of nitrogens with zero attached hydrogens (tertiary/aromatic N) is 3. The number of hydrogen-bond acceptors (Lipinski definition) is 5.